The second-order valence-electron chi connectivity index (χ2n) is 5.01. The molecule has 2 heterocycles. The number of hydrogen-bond donors (Lipinski definition) is 2. The molecule has 0 aromatic carbocycles. The SMILES string of the molecule is CNc1nc2ccccn2c1S(=O)(=O)N(CCO)C1CC1. The first-order valence-electron chi connectivity index (χ1n) is 6.87. The number of sulfonamides is 1. The van der Waals surface area contributed by atoms with Crippen LogP contribution in [0.5, 0.6) is 0 Å². The number of aliphatic hydroxyl groups is 1. The molecule has 3 rings (SSSR count). The molecule has 7 nitrogen and oxygen atoms in total. The largest absolute Gasteiger partial charge is 0.395 e. The number of rotatable bonds is 6. The molecular formula is C13H18N4O3S. The lowest BCUT2D eigenvalue weighted by molar-refractivity contribution is 0.250. The third kappa shape index (κ3) is 2.39. The van der Waals surface area contributed by atoms with Crippen LogP contribution in [0.3, 0.4) is 0 Å². The molecule has 8 heteroatoms. The second kappa shape index (κ2) is 5.28. The van der Waals surface area contributed by atoms with Gasteiger partial charge in [-0.2, -0.15) is 4.31 Å². The van der Waals surface area contributed by atoms with Gasteiger partial charge in [0.1, 0.15) is 5.65 Å². The maximum absolute atomic E-state index is 13.0. The van der Waals surface area contributed by atoms with Gasteiger partial charge in [-0.25, -0.2) is 13.4 Å². The molecule has 21 heavy (non-hydrogen) atoms. The fourth-order valence-corrected chi connectivity index (χ4v) is 4.40. The lowest BCUT2D eigenvalue weighted by atomic mass is 10.5. The number of pyridine rings is 1. The van der Waals surface area contributed by atoms with Gasteiger partial charge in [0, 0.05) is 25.8 Å². The summed E-state index contributed by atoms with van der Waals surface area (Å²) in [7, 11) is -2.07. The molecule has 1 aliphatic carbocycles. The van der Waals surface area contributed by atoms with Crippen LogP contribution in [0.15, 0.2) is 29.4 Å². The van der Waals surface area contributed by atoms with Crippen LogP contribution in [-0.2, 0) is 10.0 Å². The van der Waals surface area contributed by atoms with Crippen LogP contribution in [0.1, 0.15) is 12.8 Å². The van der Waals surface area contributed by atoms with Gasteiger partial charge < -0.3 is 10.4 Å². The highest BCUT2D eigenvalue weighted by Crippen LogP contribution is 2.34. The summed E-state index contributed by atoms with van der Waals surface area (Å²) in [6.45, 7) is -0.0857. The lowest BCUT2D eigenvalue weighted by Crippen LogP contribution is -2.36. The second-order valence-corrected chi connectivity index (χ2v) is 6.82. The van der Waals surface area contributed by atoms with E-state index < -0.39 is 10.0 Å². The highest BCUT2D eigenvalue weighted by molar-refractivity contribution is 7.89. The van der Waals surface area contributed by atoms with E-state index >= 15 is 0 Å². The molecule has 0 aliphatic heterocycles. The first-order valence-corrected chi connectivity index (χ1v) is 8.31. The van der Waals surface area contributed by atoms with E-state index in [4.69, 9.17) is 5.11 Å². The zero-order chi connectivity index (χ0) is 15.0. The monoisotopic (exact) mass is 310 g/mol. The summed E-state index contributed by atoms with van der Waals surface area (Å²) in [5, 5.41) is 12.1. The molecular weight excluding hydrogens is 292 g/mol. The molecule has 0 amide bonds. The van der Waals surface area contributed by atoms with Crippen molar-refractivity contribution in [1.82, 2.24) is 13.7 Å². The number of fused-ring (bicyclic) bond motifs is 1. The van der Waals surface area contributed by atoms with Crippen molar-refractivity contribution in [2.24, 2.45) is 0 Å². The van der Waals surface area contributed by atoms with Gasteiger partial charge in [0.2, 0.25) is 0 Å². The summed E-state index contributed by atoms with van der Waals surface area (Å²) in [6, 6.07) is 5.32. The summed E-state index contributed by atoms with van der Waals surface area (Å²) in [5.41, 5.74) is 0.570. The zero-order valence-corrected chi connectivity index (χ0v) is 12.5. The van der Waals surface area contributed by atoms with Crippen LogP contribution in [0.2, 0.25) is 0 Å². The van der Waals surface area contributed by atoms with Crippen molar-refractivity contribution in [2.45, 2.75) is 23.9 Å². The Kier molecular flexibility index (Phi) is 3.60. The van der Waals surface area contributed by atoms with Gasteiger partial charge in [-0.1, -0.05) is 6.07 Å². The van der Waals surface area contributed by atoms with Gasteiger partial charge in [-0.3, -0.25) is 4.40 Å². The highest BCUT2D eigenvalue weighted by atomic mass is 32.2. The van der Waals surface area contributed by atoms with E-state index in [0.29, 0.717) is 11.5 Å². The molecule has 0 radical (unpaired) electrons. The minimum absolute atomic E-state index is 0.0129. The summed E-state index contributed by atoms with van der Waals surface area (Å²) in [6.07, 6.45) is 3.36. The van der Waals surface area contributed by atoms with E-state index in [2.05, 4.69) is 10.3 Å². The fourth-order valence-electron chi connectivity index (χ4n) is 2.45. The first-order chi connectivity index (χ1) is 10.1. The average Bonchev–Trinajstić information content (AvgIpc) is 3.22. The van der Waals surface area contributed by atoms with Gasteiger partial charge in [-0.15, -0.1) is 0 Å². The Hall–Kier alpha value is -1.64. The van der Waals surface area contributed by atoms with Crippen LogP contribution < -0.4 is 5.32 Å². The standard InChI is InChI=1S/C13H18N4O3S/c1-14-12-13(16-7-3-2-4-11(16)15-12)21(19,20)17(8-9-18)10-5-6-10/h2-4,7,10,14,18H,5-6,8-9H2,1H3. The Labute approximate surface area is 123 Å². The molecule has 0 saturated heterocycles. The van der Waals surface area contributed by atoms with Gasteiger partial charge in [0.05, 0.1) is 6.61 Å². The van der Waals surface area contributed by atoms with Crippen molar-refractivity contribution in [3.05, 3.63) is 24.4 Å². The van der Waals surface area contributed by atoms with E-state index in [0.717, 1.165) is 12.8 Å². The molecule has 0 spiro atoms. The topological polar surface area (TPSA) is 86.9 Å². The van der Waals surface area contributed by atoms with Crippen LogP contribution >= 0.6 is 0 Å². The molecule has 0 bridgehead atoms. The number of imidazole rings is 1. The van der Waals surface area contributed by atoms with Crippen LogP contribution in [0.4, 0.5) is 5.82 Å². The number of aliphatic hydroxyl groups excluding tert-OH is 1. The predicted octanol–water partition coefficient (Wildman–Crippen LogP) is 0.521. The molecule has 2 aromatic heterocycles. The van der Waals surface area contributed by atoms with Crippen LogP contribution in [0.25, 0.3) is 5.65 Å². The third-order valence-electron chi connectivity index (χ3n) is 3.55. The van der Waals surface area contributed by atoms with Crippen molar-refractivity contribution in [1.29, 1.82) is 0 Å². The molecule has 114 valence electrons. The van der Waals surface area contributed by atoms with Crippen molar-refractivity contribution in [2.75, 3.05) is 25.5 Å². The van der Waals surface area contributed by atoms with Crippen molar-refractivity contribution in [3.8, 4) is 0 Å². The Balaban J connectivity index is 2.17. The van der Waals surface area contributed by atoms with Crippen LogP contribution in [-0.4, -0.2) is 53.5 Å². The van der Waals surface area contributed by atoms with Gasteiger partial charge >= 0.3 is 0 Å². The fraction of sp³-hybridized carbons (Fsp3) is 0.462. The van der Waals surface area contributed by atoms with Gasteiger partial charge in [0.15, 0.2) is 10.8 Å². The van der Waals surface area contributed by atoms with E-state index in [1.807, 2.05) is 6.07 Å². The van der Waals surface area contributed by atoms with Crippen molar-refractivity contribution in [3.63, 3.8) is 0 Å². The molecule has 0 atom stereocenters. The minimum Gasteiger partial charge on any atom is -0.395 e. The highest BCUT2D eigenvalue weighted by Gasteiger charge is 2.40. The molecule has 1 aliphatic rings. The first kappa shape index (κ1) is 14.3. The summed E-state index contributed by atoms with van der Waals surface area (Å²) < 4.78 is 28.9. The number of hydrogen-bond acceptors (Lipinski definition) is 5. The number of aromatic nitrogens is 2. The molecule has 1 saturated carbocycles. The number of nitrogens with one attached hydrogen (secondary N) is 1. The van der Waals surface area contributed by atoms with E-state index in [9.17, 15) is 8.42 Å². The average molecular weight is 310 g/mol. The maximum atomic E-state index is 13.0. The van der Waals surface area contributed by atoms with E-state index in [1.54, 1.807) is 29.8 Å². The molecule has 2 N–H and O–H groups in total. The van der Waals surface area contributed by atoms with E-state index in [1.165, 1.54) is 4.31 Å². The summed E-state index contributed by atoms with van der Waals surface area (Å²) in [5.74, 6) is 0.324. The molecule has 0 unspecified atom stereocenters. The molecule has 1 fully saturated rings. The van der Waals surface area contributed by atoms with Gasteiger partial charge in [0.25, 0.3) is 10.0 Å². The smallest absolute Gasteiger partial charge is 0.263 e. The lowest BCUT2D eigenvalue weighted by Gasteiger charge is -2.21. The maximum Gasteiger partial charge on any atom is 0.263 e. The number of anilines is 1. The summed E-state index contributed by atoms with van der Waals surface area (Å²) in [4.78, 5) is 4.30. The van der Waals surface area contributed by atoms with Crippen LogP contribution in [0, 0.1) is 0 Å². The summed E-state index contributed by atoms with van der Waals surface area (Å²) >= 11 is 0. The van der Waals surface area contributed by atoms with Crippen molar-refractivity contribution < 1.29 is 13.5 Å². The third-order valence-corrected chi connectivity index (χ3v) is 5.53. The van der Waals surface area contributed by atoms with E-state index in [-0.39, 0.29) is 24.2 Å². The normalized spacial score (nSPS) is 15.8. The number of nitrogens with zero attached hydrogens (tertiary/aromatic N) is 3. The Morgan fingerprint density at radius 3 is 2.86 bits per heavy atom. The Morgan fingerprint density at radius 2 is 2.24 bits per heavy atom. The Bertz CT molecular complexity index is 752. The minimum atomic E-state index is -3.71. The van der Waals surface area contributed by atoms with Gasteiger partial charge in [-0.05, 0) is 25.0 Å². The Morgan fingerprint density at radius 1 is 1.48 bits per heavy atom. The predicted molar refractivity (Wildman–Crippen MR) is 78.7 cm³/mol. The van der Waals surface area contributed by atoms with Crippen molar-refractivity contribution >= 4 is 21.5 Å². The molecule has 2 aromatic rings. The quantitative estimate of drug-likeness (QED) is 0.812. The zero-order valence-electron chi connectivity index (χ0n) is 11.7.